The van der Waals surface area contributed by atoms with Gasteiger partial charge in [0.15, 0.2) is 0 Å². The third-order valence-electron chi connectivity index (χ3n) is 0.967. The highest BCUT2D eigenvalue weighted by Crippen LogP contribution is 1.80. The van der Waals surface area contributed by atoms with Crippen molar-refractivity contribution in [3.05, 3.63) is 24.7 Å². The molecule has 0 radical (unpaired) electrons. The molecule has 0 amide bonds. The first kappa shape index (κ1) is 5.22. The third-order valence-corrected chi connectivity index (χ3v) is 0.967. The van der Waals surface area contributed by atoms with E-state index in [-0.39, 0.29) is 0 Å². The van der Waals surface area contributed by atoms with Crippen LogP contribution in [0.1, 0.15) is 6.42 Å². The van der Waals surface area contributed by atoms with Crippen molar-refractivity contribution in [1.29, 1.82) is 0 Å². The molecular formula is C6H10N2. The Labute approximate surface area is 49.3 Å². The van der Waals surface area contributed by atoms with Gasteiger partial charge in [-0.1, -0.05) is 6.08 Å². The van der Waals surface area contributed by atoms with Gasteiger partial charge in [0, 0.05) is 18.9 Å². The number of hydrogen-bond acceptors (Lipinski definition) is 2. The van der Waals surface area contributed by atoms with Crippen molar-refractivity contribution in [2.24, 2.45) is 0 Å². The Kier molecular flexibility index (Phi) is 2.04. The molecule has 44 valence electrons. The van der Waals surface area contributed by atoms with Crippen LogP contribution >= 0.6 is 0 Å². The third kappa shape index (κ3) is 1.69. The summed E-state index contributed by atoms with van der Waals surface area (Å²) in [7, 11) is 0. The van der Waals surface area contributed by atoms with Crippen LogP contribution in [0.5, 0.6) is 0 Å². The van der Waals surface area contributed by atoms with Crippen molar-refractivity contribution in [1.82, 2.24) is 10.6 Å². The fraction of sp³-hybridized carbons (Fsp3) is 0.333. The second-order valence-electron chi connectivity index (χ2n) is 1.65. The summed E-state index contributed by atoms with van der Waals surface area (Å²) in [6.45, 7) is 1.04. The molecule has 0 aromatic heterocycles. The molecule has 1 aliphatic heterocycles. The quantitative estimate of drug-likeness (QED) is 0.476. The van der Waals surface area contributed by atoms with Gasteiger partial charge < -0.3 is 10.6 Å². The molecule has 0 aromatic rings. The largest absolute Gasteiger partial charge is 0.389 e. The van der Waals surface area contributed by atoms with Gasteiger partial charge in [0.25, 0.3) is 0 Å². The maximum absolute atomic E-state index is 3.09. The molecule has 2 heteroatoms. The first-order valence-electron chi connectivity index (χ1n) is 2.79. The highest BCUT2D eigenvalue weighted by Gasteiger charge is 1.78. The Morgan fingerprint density at radius 2 is 2.12 bits per heavy atom. The number of hydrogen-bond donors (Lipinski definition) is 2. The standard InChI is InChI=1S/C6H10N2/c1-2-4-8-6-5-7-3-1/h1,3,5-8H,2,4H2/b3-1-,6-5-. The van der Waals surface area contributed by atoms with E-state index in [9.17, 15) is 0 Å². The fourth-order valence-electron chi connectivity index (χ4n) is 0.564. The average Bonchev–Trinajstić information content (AvgIpc) is 1.62. The molecule has 2 N–H and O–H groups in total. The lowest BCUT2D eigenvalue weighted by molar-refractivity contribution is 0.832. The molecular weight excluding hydrogens is 100 g/mol. The molecule has 2 nitrogen and oxygen atoms in total. The van der Waals surface area contributed by atoms with Crippen LogP contribution in [-0.2, 0) is 0 Å². The lowest BCUT2D eigenvalue weighted by atomic mass is 10.4. The van der Waals surface area contributed by atoms with Crippen LogP contribution in [0, 0.1) is 0 Å². The number of rotatable bonds is 0. The van der Waals surface area contributed by atoms with E-state index < -0.39 is 0 Å². The molecule has 1 heterocycles. The molecule has 0 aromatic carbocycles. The topological polar surface area (TPSA) is 24.1 Å². The highest BCUT2D eigenvalue weighted by molar-refractivity contribution is 4.90. The Morgan fingerprint density at radius 1 is 1.12 bits per heavy atom. The zero-order valence-electron chi connectivity index (χ0n) is 4.72. The fourth-order valence-corrected chi connectivity index (χ4v) is 0.564. The Bertz CT molecular complexity index is 93.1. The summed E-state index contributed by atoms with van der Waals surface area (Å²) in [5, 5.41) is 6.06. The van der Waals surface area contributed by atoms with Crippen LogP contribution in [0.4, 0.5) is 0 Å². The van der Waals surface area contributed by atoms with E-state index >= 15 is 0 Å². The highest BCUT2D eigenvalue weighted by atomic mass is 14.9. The summed E-state index contributed by atoms with van der Waals surface area (Å²) in [6, 6.07) is 0. The molecule has 0 saturated carbocycles. The van der Waals surface area contributed by atoms with E-state index in [1.54, 1.807) is 0 Å². The molecule has 0 spiro atoms. The summed E-state index contributed by atoms with van der Waals surface area (Å²) in [6.07, 6.45) is 8.91. The van der Waals surface area contributed by atoms with Crippen molar-refractivity contribution in [3.8, 4) is 0 Å². The zero-order chi connectivity index (χ0) is 5.66. The zero-order valence-corrected chi connectivity index (χ0v) is 4.72. The summed E-state index contributed by atoms with van der Waals surface area (Å²) in [5.41, 5.74) is 0. The maximum Gasteiger partial charge on any atom is 0.0177 e. The van der Waals surface area contributed by atoms with E-state index in [4.69, 9.17) is 0 Å². The van der Waals surface area contributed by atoms with Crippen LogP contribution in [0.25, 0.3) is 0 Å². The molecule has 1 aliphatic rings. The van der Waals surface area contributed by atoms with Gasteiger partial charge in [-0.15, -0.1) is 0 Å². The second kappa shape index (κ2) is 3.13. The smallest absolute Gasteiger partial charge is 0.0177 e. The van der Waals surface area contributed by atoms with Crippen LogP contribution < -0.4 is 10.6 Å². The van der Waals surface area contributed by atoms with Crippen LogP contribution in [0.3, 0.4) is 0 Å². The molecule has 0 aliphatic carbocycles. The van der Waals surface area contributed by atoms with Crippen LogP contribution in [0.15, 0.2) is 24.7 Å². The Hall–Kier alpha value is -0.920. The maximum atomic E-state index is 3.09. The van der Waals surface area contributed by atoms with E-state index in [1.165, 1.54) is 0 Å². The van der Waals surface area contributed by atoms with Crippen molar-refractivity contribution in [2.45, 2.75) is 6.42 Å². The lowest BCUT2D eigenvalue weighted by Crippen LogP contribution is -2.09. The van der Waals surface area contributed by atoms with E-state index in [1.807, 2.05) is 18.6 Å². The first-order valence-corrected chi connectivity index (χ1v) is 2.79. The summed E-state index contributed by atoms with van der Waals surface area (Å²) >= 11 is 0. The van der Waals surface area contributed by atoms with Gasteiger partial charge in [-0.3, -0.25) is 0 Å². The Balaban J connectivity index is 2.31. The van der Waals surface area contributed by atoms with Crippen molar-refractivity contribution < 1.29 is 0 Å². The lowest BCUT2D eigenvalue weighted by Gasteiger charge is -1.99. The SMILES string of the molecule is C1=C\N/C=C\NCC/1. The predicted octanol–water partition coefficient (Wildman–Crippen LogP) is 0.554. The minimum Gasteiger partial charge on any atom is -0.389 e. The van der Waals surface area contributed by atoms with Gasteiger partial charge in [0.05, 0.1) is 0 Å². The predicted molar refractivity (Wildman–Crippen MR) is 34.0 cm³/mol. The van der Waals surface area contributed by atoms with Crippen molar-refractivity contribution >= 4 is 0 Å². The van der Waals surface area contributed by atoms with Crippen LogP contribution in [0.2, 0.25) is 0 Å². The molecule has 0 atom stereocenters. The van der Waals surface area contributed by atoms with Gasteiger partial charge in [-0.05, 0) is 12.6 Å². The molecule has 0 bridgehead atoms. The molecule has 0 saturated heterocycles. The van der Waals surface area contributed by atoms with E-state index in [0.29, 0.717) is 0 Å². The van der Waals surface area contributed by atoms with Gasteiger partial charge >= 0.3 is 0 Å². The Morgan fingerprint density at radius 3 is 3.12 bits per heavy atom. The normalized spacial score (nSPS) is 26.0. The van der Waals surface area contributed by atoms with E-state index in [2.05, 4.69) is 16.7 Å². The van der Waals surface area contributed by atoms with Crippen molar-refractivity contribution in [3.63, 3.8) is 0 Å². The first-order chi connectivity index (χ1) is 4.00. The minimum atomic E-state index is 1.04. The summed E-state index contributed by atoms with van der Waals surface area (Å²) < 4.78 is 0. The van der Waals surface area contributed by atoms with Gasteiger partial charge in [0.1, 0.15) is 0 Å². The monoisotopic (exact) mass is 110 g/mol. The molecule has 0 fully saturated rings. The van der Waals surface area contributed by atoms with Gasteiger partial charge in [-0.2, -0.15) is 0 Å². The number of nitrogens with one attached hydrogen (secondary N) is 2. The second-order valence-corrected chi connectivity index (χ2v) is 1.65. The van der Waals surface area contributed by atoms with Gasteiger partial charge in [0.2, 0.25) is 0 Å². The van der Waals surface area contributed by atoms with Crippen LogP contribution in [-0.4, -0.2) is 6.54 Å². The average molecular weight is 110 g/mol. The molecule has 8 heavy (non-hydrogen) atoms. The summed E-state index contributed by atoms with van der Waals surface area (Å²) in [4.78, 5) is 0. The van der Waals surface area contributed by atoms with Crippen molar-refractivity contribution in [2.75, 3.05) is 6.54 Å². The molecule has 0 unspecified atom stereocenters. The van der Waals surface area contributed by atoms with Gasteiger partial charge in [-0.25, -0.2) is 0 Å². The minimum absolute atomic E-state index is 1.04. The summed E-state index contributed by atoms with van der Waals surface area (Å²) in [5.74, 6) is 0. The molecule has 1 rings (SSSR count). The van der Waals surface area contributed by atoms with E-state index in [0.717, 1.165) is 13.0 Å².